The van der Waals surface area contributed by atoms with Crippen LogP contribution in [0.15, 0.2) is 0 Å². The number of unbranched alkanes of at least 4 members (excludes halogenated alkanes) is 6. The highest BCUT2D eigenvalue weighted by Gasteiger charge is 2.15. The van der Waals surface area contributed by atoms with E-state index in [1.165, 1.54) is 32.1 Å². The van der Waals surface area contributed by atoms with Crippen molar-refractivity contribution in [1.29, 1.82) is 0 Å². The van der Waals surface area contributed by atoms with Crippen LogP contribution in [0.5, 0.6) is 0 Å². The summed E-state index contributed by atoms with van der Waals surface area (Å²) in [5.41, 5.74) is -0.335. The summed E-state index contributed by atoms with van der Waals surface area (Å²) in [4.78, 5) is 11.4. The van der Waals surface area contributed by atoms with Crippen LogP contribution < -0.4 is 5.14 Å². The van der Waals surface area contributed by atoms with E-state index in [0.717, 1.165) is 12.8 Å². The molecule has 3 nitrogen and oxygen atoms in total. The number of carbonyl (C=O) groups excluding carboxylic acids is 1. The summed E-state index contributed by atoms with van der Waals surface area (Å²) in [5, 5.41) is 4.19. The van der Waals surface area contributed by atoms with E-state index in [9.17, 15) is 4.79 Å². The summed E-state index contributed by atoms with van der Waals surface area (Å²) in [6, 6.07) is 0. The van der Waals surface area contributed by atoms with Gasteiger partial charge in [0.05, 0.1) is 0 Å². The molecule has 0 radical (unpaired) electrons. The van der Waals surface area contributed by atoms with E-state index in [1.807, 2.05) is 20.8 Å². The van der Waals surface area contributed by atoms with Crippen molar-refractivity contribution in [3.05, 3.63) is 0 Å². The highest BCUT2D eigenvalue weighted by Crippen LogP contribution is 2.12. The lowest BCUT2D eigenvalue weighted by Gasteiger charge is -2.19. The van der Waals surface area contributed by atoms with E-state index in [0.29, 0.717) is 6.42 Å². The molecule has 0 aromatic rings. The number of thiol groups is 1. The Bertz CT molecular complexity index is 191. The summed E-state index contributed by atoms with van der Waals surface area (Å²) in [6.07, 6.45) is 9.23. The zero-order valence-corrected chi connectivity index (χ0v) is 13.4. The zero-order chi connectivity index (χ0) is 14.4. The minimum atomic E-state index is -0.335. The molecule has 0 fully saturated rings. The van der Waals surface area contributed by atoms with Crippen molar-refractivity contribution < 1.29 is 9.53 Å². The molecule has 110 valence electrons. The Morgan fingerprint density at radius 2 is 1.44 bits per heavy atom. The van der Waals surface area contributed by atoms with Crippen LogP contribution in [0, 0.1) is 0 Å². The molecule has 0 aliphatic carbocycles. The van der Waals surface area contributed by atoms with E-state index in [4.69, 9.17) is 4.74 Å². The second-order valence-corrected chi connectivity index (χ2v) is 5.46. The third-order valence-corrected chi connectivity index (χ3v) is 2.40. The van der Waals surface area contributed by atoms with Gasteiger partial charge in [0.25, 0.3) is 0 Å². The number of hydrogen-bond acceptors (Lipinski definition) is 4. The molecule has 0 aromatic heterocycles. The summed E-state index contributed by atoms with van der Waals surface area (Å²) >= 11 is 3.03. The predicted octanol–water partition coefficient (Wildman–Crippen LogP) is 4.26. The number of ether oxygens (including phenoxy) is 1. The van der Waals surface area contributed by atoms with E-state index < -0.39 is 0 Å². The van der Waals surface area contributed by atoms with Crippen LogP contribution in [-0.2, 0) is 9.53 Å². The first kappa shape index (κ1) is 20.1. The molecule has 2 N–H and O–H groups in total. The largest absolute Gasteiger partial charge is 0.460 e. The Kier molecular flexibility index (Phi) is 14.8. The molecule has 0 saturated carbocycles. The van der Waals surface area contributed by atoms with Gasteiger partial charge in [0.15, 0.2) is 0 Å². The Morgan fingerprint density at radius 3 is 1.89 bits per heavy atom. The lowest BCUT2D eigenvalue weighted by molar-refractivity contribution is -0.154. The van der Waals surface area contributed by atoms with Crippen molar-refractivity contribution in [3.63, 3.8) is 0 Å². The standard InChI is InChI=1S/C14H28O2.H3NS/c1-5-6-7-8-9-10-11-12-13(15)16-14(2,3)4;1-2/h5-12H2,1-4H3;2H,1H2. The second-order valence-electron chi connectivity index (χ2n) is 5.46. The number of rotatable bonds is 8. The van der Waals surface area contributed by atoms with Gasteiger partial charge in [-0.2, -0.15) is 0 Å². The second kappa shape index (κ2) is 13.2. The van der Waals surface area contributed by atoms with Crippen molar-refractivity contribution in [2.24, 2.45) is 5.14 Å². The average molecular weight is 277 g/mol. The van der Waals surface area contributed by atoms with Crippen molar-refractivity contribution >= 4 is 18.8 Å². The third-order valence-electron chi connectivity index (χ3n) is 2.40. The molecular formula is C14H31NO2S. The van der Waals surface area contributed by atoms with E-state index in [1.54, 1.807) is 0 Å². The fourth-order valence-corrected chi connectivity index (χ4v) is 1.62. The molecule has 0 atom stereocenters. The van der Waals surface area contributed by atoms with Crippen LogP contribution in [0.4, 0.5) is 0 Å². The molecule has 0 aliphatic heterocycles. The van der Waals surface area contributed by atoms with Gasteiger partial charge in [-0.25, -0.2) is 0 Å². The van der Waals surface area contributed by atoms with Crippen molar-refractivity contribution in [1.82, 2.24) is 0 Å². The Morgan fingerprint density at radius 1 is 1.00 bits per heavy atom. The van der Waals surface area contributed by atoms with E-state index in [-0.39, 0.29) is 11.6 Å². The van der Waals surface area contributed by atoms with Crippen molar-refractivity contribution in [2.75, 3.05) is 0 Å². The van der Waals surface area contributed by atoms with Crippen molar-refractivity contribution in [3.8, 4) is 0 Å². The molecule has 0 unspecified atom stereocenters. The maximum atomic E-state index is 11.4. The molecule has 0 spiro atoms. The van der Waals surface area contributed by atoms with Crippen LogP contribution in [0.2, 0.25) is 0 Å². The Labute approximate surface area is 118 Å². The summed E-state index contributed by atoms with van der Waals surface area (Å²) in [6.45, 7) is 7.96. The summed E-state index contributed by atoms with van der Waals surface area (Å²) in [7, 11) is 0. The molecule has 0 rings (SSSR count). The molecule has 0 aliphatic rings. The molecule has 0 bridgehead atoms. The zero-order valence-electron chi connectivity index (χ0n) is 12.5. The highest BCUT2D eigenvalue weighted by molar-refractivity contribution is 7.77. The smallest absolute Gasteiger partial charge is 0.306 e. The summed E-state index contributed by atoms with van der Waals surface area (Å²) < 4.78 is 5.24. The molecule has 0 aromatic carbocycles. The van der Waals surface area contributed by atoms with Gasteiger partial charge in [0.1, 0.15) is 5.60 Å². The van der Waals surface area contributed by atoms with Gasteiger partial charge in [-0.3, -0.25) is 9.93 Å². The lowest BCUT2D eigenvalue weighted by atomic mass is 10.1. The summed E-state index contributed by atoms with van der Waals surface area (Å²) in [5.74, 6) is -0.0546. The van der Waals surface area contributed by atoms with E-state index in [2.05, 4.69) is 24.9 Å². The number of carbonyl (C=O) groups is 1. The topological polar surface area (TPSA) is 52.3 Å². The molecule has 4 heteroatoms. The fraction of sp³-hybridized carbons (Fsp3) is 0.929. The SMILES string of the molecule is CCCCCCCCCC(=O)OC(C)(C)C.NS. The van der Waals surface area contributed by atoms with Crippen LogP contribution >= 0.6 is 12.8 Å². The first-order valence-electron chi connectivity index (χ1n) is 6.93. The molecule has 0 amide bonds. The van der Waals surface area contributed by atoms with Crippen molar-refractivity contribution in [2.45, 2.75) is 84.7 Å². The molecule has 0 saturated heterocycles. The van der Waals surface area contributed by atoms with E-state index >= 15 is 0 Å². The van der Waals surface area contributed by atoms with Gasteiger partial charge < -0.3 is 4.74 Å². The Hall–Kier alpha value is -0.220. The minimum Gasteiger partial charge on any atom is -0.460 e. The first-order chi connectivity index (χ1) is 8.45. The minimum absolute atomic E-state index is 0.0546. The lowest BCUT2D eigenvalue weighted by Crippen LogP contribution is -2.23. The average Bonchev–Trinajstić information content (AvgIpc) is 2.28. The number of nitrogens with two attached hydrogens (primary N) is 1. The van der Waals surface area contributed by atoms with Gasteiger partial charge >= 0.3 is 5.97 Å². The van der Waals surface area contributed by atoms with Crippen LogP contribution in [0.3, 0.4) is 0 Å². The van der Waals surface area contributed by atoms with Gasteiger partial charge in [-0.15, -0.1) is 12.8 Å². The third kappa shape index (κ3) is 18.2. The quantitative estimate of drug-likeness (QED) is 0.396. The normalized spacial score (nSPS) is 10.6. The predicted molar refractivity (Wildman–Crippen MR) is 81.6 cm³/mol. The van der Waals surface area contributed by atoms with Gasteiger partial charge in [0, 0.05) is 6.42 Å². The molecule has 0 heterocycles. The van der Waals surface area contributed by atoms with Gasteiger partial charge in [-0.1, -0.05) is 45.4 Å². The van der Waals surface area contributed by atoms with Gasteiger partial charge in [-0.05, 0) is 27.2 Å². The monoisotopic (exact) mass is 277 g/mol. The van der Waals surface area contributed by atoms with Crippen LogP contribution in [-0.4, -0.2) is 11.6 Å². The van der Waals surface area contributed by atoms with Gasteiger partial charge in [0.2, 0.25) is 0 Å². The molecule has 18 heavy (non-hydrogen) atoms. The first-order valence-corrected chi connectivity index (χ1v) is 7.45. The number of hydrogen-bond donors (Lipinski definition) is 2. The number of esters is 1. The fourth-order valence-electron chi connectivity index (χ4n) is 1.62. The highest BCUT2D eigenvalue weighted by atomic mass is 32.1. The van der Waals surface area contributed by atoms with Crippen LogP contribution in [0.1, 0.15) is 79.1 Å². The van der Waals surface area contributed by atoms with Crippen LogP contribution in [0.25, 0.3) is 0 Å². The Balaban J connectivity index is 0. The maximum absolute atomic E-state index is 11.4. The molecular weight excluding hydrogens is 246 g/mol. The maximum Gasteiger partial charge on any atom is 0.306 e.